The second kappa shape index (κ2) is 5.39. The first-order valence-corrected chi connectivity index (χ1v) is 8.51. The summed E-state index contributed by atoms with van der Waals surface area (Å²) in [7, 11) is 1.98. The third-order valence-corrected chi connectivity index (χ3v) is 5.73. The van der Waals surface area contributed by atoms with Crippen LogP contribution in [0.5, 0.6) is 0 Å². The summed E-state index contributed by atoms with van der Waals surface area (Å²) >= 11 is 6.24. The third kappa shape index (κ3) is 2.46. The van der Waals surface area contributed by atoms with Gasteiger partial charge in [0.1, 0.15) is 0 Å². The van der Waals surface area contributed by atoms with Crippen LogP contribution in [-0.2, 0) is 25.4 Å². The van der Waals surface area contributed by atoms with Gasteiger partial charge >= 0.3 is 0 Å². The predicted octanol–water partition coefficient (Wildman–Crippen LogP) is 3.55. The van der Waals surface area contributed by atoms with Crippen LogP contribution in [0, 0.1) is 0 Å². The van der Waals surface area contributed by atoms with Crippen molar-refractivity contribution < 1.29 is 0 Å². The van der Waals surface area contributed by atoms with E-state index in [1.807, 2.05) is 24.0 Å². The molecule has 1 saturated heterocycles. The number of hydrogen-bond acceptors (Lipinski definition) is 2. The van der Waals surface area contributed by atoms with E-state index in [1.54, 1.807) is 0 Å². The van der Waals surface area contributed by atoms with Crippen molar-refractivity contribution in [3.63, 3.8) is 0 Å². The Hall–Kier alpha value is -1.32. The second-order valence-electron chi connectivity index (χ2n) is 6.88. The molecule has 0 radical (unpaired) electrons. The van der Waals surface area contributed by atoms with Crippen molar-refractivity contribution >= 4 is 11.6 Å². The van der Waals surface area contributed by atoms with Crippen molar-refractivity contribution in [3.05, 3.63) is 52.3 Å². The van der Waals surface area contributed by atoms with Crippen LogP contribution in [0.2, 0.25) is 5.02 Å². The Labute approximate surface area is 136 Å². The van der Waals surface area contributed by atoms with Crippen molar-refractivity contribution in [1.82, 2.24) is 14.7 Å². The summed E-state index contributed by atoms with van der Waals surface area (Å²) in [6.07, 6.45) is 9.11. The van der Waals surface area contributed by atoms with Gasteiger partial charge in [-0.2, -0.15) is 5.10 Å². The van der Waals surface area contributed by atoms with E-state index >= 15 is 0 Å². The van der Waals surface area contributed by atoms with Crippen LogP contribution in [0.1, 0.15) is 36.0 Å². The number of aromatic nitrogens is 2. The number of hydrogen-bond donors (Lipinski definition) is 0. The molecule has 1 spiro atoms. The number of benzene rings is 1. The topological polar surface area (TPSA) is 21.1 Å². The molecule has 0 amide bonds. The zero-order chi connectivity index (χ0) is 15.2. The van der Waals surface area contributed by atoms with Crippen molar-refractivity contribution in [1.29, 1.82) is 0 Å². The molecule has 0 saturated carbocycles. The van der Waals surface area contributed by atoms with Crippen molar-refractivity contribution in [2.75, 3.05) is 13.1 Å². The molecule has 1 aliphatic carbocycles. The van der Waals surface area contributed by atoms with Gasteiger partial charge in [0.2, 0.25) is 0 Å². The van der Waals surface area contributed by atoms with E-state index in [0.717, 1.165) is 11.6 Å². The number of fused-ring (bicyclic) bond motifs is 2. The molecule has 0 N–H and O–H groups in total. The molecule has 1 aromatic heterocycles. The Bertz CT molecular complexity index is 683. The molecule has 1 aliphatic heterocycles. The smallest absolute Gasteiger partial charge is 0.0534 e. The second-order valence-corrected chi connectivity index (χ2v) is 7.32. The molecule has 22 heavy (non-hydrogen) atoms. The van der Waals surface area contributed by atoms with Gasteiger partial charge < -0.3 is 0 Å². The average molecular weight is 316 g/mol. The lowest BCUT2D eigenvalue weighted by atomic mass is 9.74. The highest BCUT2D eigenvalue weighted by atomic mass is 35.5. The number of piperidine rings is 1. The van der Waals surface area contributed by atoms with Crippen molar-refractivity contribution in [2.45, 2.75) is 37.6 Å². The Morgan fingerprint density at radius 2 is 2.05 bits per heavy atom. The fourth-order valence-electron chi connectivity index (χ4n) is 4.24. The van der Waals surface area contributed by atoms with Gasteiger partial charge in [-0.1, -0.05) is 17.7 Å². The highest BCUT2D eigenvalue weighted by Crippen LogP contribution is 2.47. The number of rotatable bonds is 2. The summed E-state index contributed by atoms with van der Waals surface area (Å²) in [5, 5.41) is 5.15. The zero-order valence-electron chi connectivity index (χ0n) is 13.1. The molecule has 0 unspecified atom stereocenters. The van der Waals surface area contributed by atoms with Gasteiger partial charge in [0, 0.05) is 30.4 Å². The van der Waals surface area contributed by atoms with Gasteiger partial charge in [-0.25, -0.2) is 0 Å². The molecule has 2 heterocycles. The summed E-state index contributed by atoms with van der Waals surface area (Å²) in [5.41, 5.74) is 4.74. The molecule has 116 valence electrons. The Kier molecular flexibility index (Phi) is 3.50. The van der Waals surface area contributed by atoms with Crippen LogP contribution in [0.15, 0.2) is 30.6 Å². The lowest BCUT2D eigenvalue weighted by molar-refractivity contribution is 0.152. The number of nitrogens with zero attached hydrogens (tertiary/aromatic N) is 3. The average Bonchev–Trinajstić information content (AvgIpc) is 3.07. The molecule has 3 nitrogen and oxygen atoms in total. The molecule has 1 aromatic carbocycles. The standard InChI is InChI=1S/C18H22ClN3/c1-21-12-14(11-20-21)13-22-8-6-18(7-9-22)5-4-15-2-3-16(19)10-17(15)18/h2-3,10-12H,4-9,13H2,1H3. The quantitative estimate of drug-likeness (QED) is 0.845. The molecule has 0 bridgehead atoms. The Morgan fingerprint density at radius 1 is 1.23 bits per heavy atom. The lowest BCUT2D eigenvalue weighted by Gasteiger charge is -2.40. The predicted molar refractivity (Wildman–Crippen MR) is 89.2 cm³/mol. The minimum atomic E-state index is 0.381. The molecule has 0 atom stereocenters. The first-order chi connectivity index (χ1) is 10.6. The van der Waals surface area contributed by atoms with E-state index in [4.69, 9.17) is 11.6 Å². The minimum absolute atomic E-state index is 0.381. The Morgan fingerprint density at radius 3 is 2.77 bits per heavy atom. The lowest BCUT2D eigenvalue weighted by Crippen LogP contribution is -2.41. The molecular weight excluding hydrogens is 294 g/mol. The van der Waals surface area contributed by atoms with Gasteiger partial charge in [0.05, 0.1) is 6.20 Å². The van der Waals surface area contributed by atoms with Gasteiger partial charge in [0.25, 0.3) is 0 Å². The van der Waals surface area contributed by atoms with Gasteiger partial charge in [-0.05, 0) is 67.4 Å². The maximum absolute atomic E-state index is 6.24. The van der Waals surface area contributed by atoms with E-state index in [-0.39, 0.29) is 0 Å². The van der Waals surface area contributed by atoms with Crippen LogP contribution >= 0.6 is 11.6 Å². The fraction of sp³-hybridized carbons (Fsp3) is 0.500. The van der Waals surface area contributed by atoms with E-state index in [1.165, 1.54) is 55.5 Å². The first-order valence-electron chi connectivity index (χ1n) is 8.13. The zero-order valence-corrected chi connectivity index (χ0v) is 13.8. The van der Waals surface area contributed by atoms with E-state index in [2.05, 4.69) is 28.3 Å². The van der Waals surface area contributed by atoms with E-state index in [0.29, 0.717) is 5.41 Å². The van der Waals surface area contributed by atoms with E-state index in [9.17, 15) is 0 Å². The molecular formula is C18H22ClN3. The first kappa shape index (κ1) is 14.3. The minimum Gasteiger partial charge on any atom is -0.299 e. The number of halogens is 1. The third-order valence-electron chi connectivity index (χ3n) is 5.49. The number of likely N-dealkylation sites (tertiary alicyclic amines) is 1. The Balaban J connectivity index is 1.47. The maximum Gasteiger partial charge on any atom is 0.0534 e. The normalized spacial score (nSPS) is 20.5. The SMILES string of the molecule is Cn1cc(CN2CCC3(CCc4ccc(Cl)cc43)CC2)cn1. The number of aryl methyl sites for hydroxylation is 2. The summed E-state index contributed by atoms with van der Waals surface area (Å²) in [6.45, 7) is 3.36. The maximum atomic E-state index is 6.24. The van der Waals surface area contributed by atoms with Crippen LogP contribution in [-0.4, -0.2) is 27.8 Å². The van der Waals surface area contributed by atoms with Crippen molar-refractivity contribution in [3.8, 4) is 0 Å². The van der Waals surface area contributed by atoms with Crippen molar-refractivity contribution in [2.24, 2.45) is 7.05 Å². The summed E-state index contributed by atoms with van der Waals surface area (Å²) in [4.78, 5) is 2.56. The highest BCUT2D eigenvalue weighted by Gasteiger charge is 2.41. The molecule has 1 fully saturated rings. The summed E-state index contributed by atoms with van der Waals surface area (Å²) < 4.78 is 1.88. The van der Waals surface area contributed by atoms with Crippen LogP contribution < -0.4 is 0 Å². The summed E-state index contributed by atoms with van der Waals surface area (Å²) in [6, 6.07) is 6.49. The van der Waals surface area contributed by atoms with Crippen LogP contribution in [0.25, 0.3) is 0 Å². The van der Waals surface area contributed by atoms with Gasteiger partial charge in [0.15, 0.2) is 0 Å². The summed E-state index contributed by atoms with van der Waals surface area (Å²) in [5.74, 6) is 0. The fourth-order valence-corrected chi connectivity index (χ4v) is 4.41. The van der Waals surface area contributed by atoms with Crippen LogP contribution in [0.4, 0.5) is 0 Å². The van der Waals surface area contributed by atoms with Gasteiger partial charge in [-0.15, -0.1) is 0 Å². The molecule has 4 rings (SSSR count). The monoisotopic (exact) mass is 315 g/mol. The van der Waals surface area contributed by atoms with Crippen LogP contribution in [0.3, 0.4) is 0 Å². The molecule has 4 heteroatoms. The van der Waals surface area contributed by atoms with E-state index < -0.39 is 0 Å². The largest absolute Gasteiger partial charge is 0.299 e. The molecule has 2 aliphatic rings. The van der Waals surface area contributed by atoms with Gasteiger partial charge in [-0.3, -0.25) is 9.58 Å². The highest BCUT2D eigenvalue weighted by molar-refractivity contribution is 6.30. The molecule has 2 aromatic rings.